The second-order valence-electron chi connectivity index (χ2n) is 5.79. The van der Waals surface area contributed by atoms with Crippen molar-refractivity contribution in [2.24, 2.45) is 7.05 Å². The quantitative estimate of drug-likeness (QED) is 0.719. The van der Waals surface area contributed by atoms with Gasteiger partial charge in [-0.25, -0.2) is 9.37 Å². The number of thiazole rings is 1. The molecule has 0 spiro atoms. The molecule has 0 radical (unpaired) electrons. The molecule has 112 valence electrons. The maximum Gasteiger partial charge on any atom is 0.142 e. The normalized spacial score (nSPS) is 17.0. The number of fused-ring (bicyclic) bond motifs is 1. The highest BCUT2D eigenvalue weighted by atomic mass is 32.1. The predicted molar refractivity (Wildman–Crippen MR) is 85.6 cm³/mol. The van der Waals surface area contributed by atoms with Gasteiger partial charge in [0.1, 0.15) is 10.8 Å². The molecule has 0 saturated carbocycles. The monoisotopic (exact) mass is 313 g/mol. The molecule has 5 heteroatoms. The molecule has 0 fully saturated rings. The Labute approximate surface area is 132 Å². The summed E-state index contributed by atoms with van der Waals surface area (Å²) >= 11 is 1.74. The number of rotatable bonds is 2. The lowest BCUT2D eigenvalue weighted by Crippen LogP contribution is -2.03. The number of halogens is 1. The zero-order valence-corrected chi connectivity index (χ0v) is 13.3. The molecule has 0 amide bonds. The van der Waals surface area contributed by atoms with Crippen LogP contribution in [0.2, 0.25) is 0 Å². The second kappa shape index (κ2) is 5.02. The van der Waals surface area contributed by atoms with Crippen LogP contribution in [0, 0.1) is 12.7 Å². The first kappa shape index (κ1) is 13.6. The lowest BCUT2D eigenvalue weighted by Gasteiger charge is -2.13. The van der Waals surface area contributed by atoms with Gasteiger partial charge in [0, 0.05) is 18.1 Å². The van der Waals surface area contributed by atoms with E-state index >= 15 is 0 Å². The van der Waals surface area contributed by atoms with Crippen LogP contribution in [-0.4, -0.2) is 14.8 Å². The Morgan fingerprint density at radius 1 is 1.27 bits per heavy atom. The molecule has 0 N–H and O–H groups in total. The average molecular weight is 313 g/mol. The Bertz CT molecular complexity index is 826. The van der Waals surface area contributed by atoms with Crippen molar-refractivity contribution < 1.29 is 4.39 Å². The topological polar surface area (TPSA) is 30.7 Å². The van der Waals surface area contributed by atoms with Gasteiger partial charge in [0.2, 0.25) is 0 Å². The first-order valence-corrected chi connectivity index (χ1v) is 8.17. The van der Waals surface area contributed by atoms with Crippen LogP contribution in [0.5, 0.6) is 0 Å². The van der Waals surface area contributed by atoms with Crippen molar-refractivity contribution in [2.45, 2.75) is 25.7 Å². The molecule has 0 bridgehead atoms. The van der Waals surface area contributed by atoms with Crippen LogP contribution in [0.15, 0.2) is 30.5 Å². The summed E-state index contributed by atoms with van der Waals surface area (Å²) < 4.78 is 15.6. The van der Waals surface area contributed by atoms with Gasteiger partial charge in [-0.05, 0) is 48.9 Å². The highest BCUT2D eigenvalue weighted by Gasteiger charge is 2.29. The van der Waals surface area contributed by atoms with Gasteiger partial charge >= 0.3 is 0 Å². The molecule has 2 heterocycles. The summed E-state index contributed by atoms with van der Waals surface area (Å²) in [6.07, 6.45) is 3.64. The van der Waals surface area contributed by atoms with Crippen molar-refractivity contribution in [2.75, 3.05) is 0 Å². The van der Waals surface area contributed by atoms with Crippen molar-refractivity contribution in [1.82, 2.24) is 14.8 Å². The predicted octanol–water partition coefficient (Wildman–Crippen LogP) is 3.87. The second-order valence-corrected chi connectivity index (χ2v) is 6.87. The number of nitrogens with zero attached hydrogens (tertiary/aromatic N) is 3. The molecule has 3 aromatic rings. The largest absolute Gasteiger partial charge is 0.266 e. The Morgan fingerprint density at radius 2 is 2.14 bits per heavy atom. The van der Waals surface area contributed by atoms with Gasteiger partial charge < -0.3 is 0 Å². The summed E-state index contributed by atoms with van der Waals surface area (Å²) in [6.45, 7) is 1.87. The molecule has 1 aliphatic rings. The maximum atomic E-state index is 13.8. The fourth-order valence-electron chi connectivity index (χ4n) is 3.21. The first-order chi connectivity index (χ1) is 10.6. The molecule has 4 rings (SSSR count). The highest BCUT2D eigenvalue weighted by molar-refractivity contribution is 7.15. The molecule has 0 saturated heterocycles. The van der Waals surface area contributed by atoms with Gasteiger partial charge in [0.05, 0.1) is 11.4 Å². The van der Waals surface area contributed by atoms with E-state index in [-0.39, 0.29) is 5.82 Å². The Morgan fingerprint density at radius 3 is 2.86 bits per heavy atom. The van der Waals surface area contributed by atoms with E-state index in [1.165, 1.54) is 10.9 Å². The van der Waals surface area contributed by atoms with Crippen LogP contribution in [0.4, 0.5) is 4.39 Å². The van der Waals surface area contributed by atoms with Gasteiger partial charge in [0.15, 0.2) is 0 Å². The summed E-state index contributed by atoms with van der Waals surface area (Å²) in [7, 11) is 1.93. The lowest BCUT2D eigenvalue weighted by atomic mass is 9.93. The summed E-state index contributed by atoms with van der Waals surface area (Å²) in [5.74, 6) is 0.237. The van der Waals surface area contributed by atoms with Crippen LogP contribution in [0.1, 0.15) is 27.6 Å². The Balaban J connectivity index is 1.64. The van der Waals surface area contributed by atoms with Crippen LogP contribution in [-0.2, 0) is 19.9 Å². The zero-order chi connectivity index (χ0) is 15.3. The van der Waals surface area contributed by atoms with Gasteiger partial charge in [-0.2, -0.15) is 5.10 Å². The summed E-state index contributed by atoms with van der Waals surface area (Å²) in [5, 5.41) is 5.23. The van der Waals surface area contributed by atoms with Crippen molar-refractivity contribution >= 4 is 11.3 Å². The third-order valence-corrected chi connectivity index (χ3v) is 5.58. The molecular weight excluding hydrogens is 297 g/mol. The van der Waals surface area contributed by atoms with Crippen molar-refractivity contribution in [3.8, 4) is 10.7 Å². The Hall–Kier alpha value is -2.01. The number of hydrogen-bond donors (Lipinski definition) is 0. The lowest BCUT2D eigenvalue weighted by molar-refractivity contribution is 0.608. The number of aromatic nitrogens is 3. The van der Waals surface area contributed by atoms with Crippen LogP contribution >= 0.6 is 11.3 Å². The van der Waals surface area contributed by atoms with Crippen molar-refractivity contribution in [1.29, 1.82) is 0 Å². The van der Waals surface area contributed by atoms with E-state index in [9.17, 15) is 4.39 Å². The summed E-state index contributed by atoms with van der Waals surface area (Å²) in [5.41, 5.74) is 4.11. The first-order valence-electron chi connectivity index (χ1n) is 7.35. The molecule has 1 aliphatic carbocycles. The van der Waals surface area contributed by atoms with E-state index in [1.807, 2.05) is 30.8 Å². The minimum absolute atomic E-state index is 0.115. The molecule has 0 aliphatic heterocycles. The van der Waals surface area contributed by atoms with E-state index < -0.39 is 0 Å². The zero-order valence-electron chi connectivity index (χ0n) is 12.5. The SMILES string of the molecule is Cc1c(F)cccc1C1Cc2nc(-c3ccnn3C)sc2C1. The summed E-state index contributed by atoms with van der Waals surface area (Å²) in [6, 6.07) is 7.37. The van der Waals surface area contributed by atoms with Gasteiger partial charge in [-0.15, -0.1) is 11.3 Å². The molecule has 3 nitrogen and oxygen atoms in total. The van der Waals surface area contributed by atoms with E-state index in [0.717, 1.165) is 40.4 Å². The van der Waals surface area contributed by atoms with Gasteiger partial charge in [-0.3, -0.25) is 4.68 Å². The average Bonchev–Trinajstić information content (AvgIpc) is 3.15. The van der Waals surface area contributed by atoms with Gasteiger partial charge in [0.25, 0.3) is 0 Å². The smallest absolute Gasteiger partial charge is 0.142 e. The number of hydrogen-bond acceptors (Lipinski definition) is 3. The Kier molecular flexibility index (Phi) is 3.11. The van der Waals surface area contributed by atoms with Gasteiger partial charge in [-0.1, -0.05) is 12.1 Å². The molecule has 2 aromatic heterocycles. The van der Waals surface area contributed by atoms with Crippen LogP contribution in [0.25, 0.3) is 10.7 Å². The standard InChI is InChI=1S/C17H16FN3S/c1-10-12(4-3-5-13(10)18)11-8-14-16(9-11)22-17(20-14)15-6-7-19-21(15)2/h3-7,11H,8-9H2,1-2H3. The third kappa shape index (κ3) is 2.08. The fraction of sp³-hybridized carbons (Fsp3) is 0.294. The molecule has 1 atom stereocenters. The van der Waals surface area contributed by atoms with E-state index in [2.05, 4.69) is 5.10 Å². The van der Waals surface area contributed by atoms with Crippen LogP contribution in [0.3, 0.4) is 0 Å². The number of aryl methyl sites for hydroxylation is 1. The molecular formula is C17H16FN3S. The highest BCUT2D eigenvalue weighted by Crippen LogP contribution is 2.40. The van der Waals surface area contributed by atoms with Crippen LogP contribution < -0.4 is 0 Å². The maximum absolute atomic E-state index is 13.8. The number of benzene rings is 1. The van der Waals surface area contributed by atoms with E-state index in [0.29, 0.717) is 5.92 Å². The third-order valence-electron chi connectivity index (χ3n) is 4.44. The fourth-order valence-corrected chi connectivity index (χ4v) is 4.44. The molecule has 1 unspecified atom stereocenters. The van der Waals surface area contributed by atoms with Crippen molar-refractivity contribution in [3.05, 3.63) is 58.0 Å². The summed E-state index contributed by atoms with van der Waals surface area (Å²) in [4.78, 5) is 6.11. The minimum Gasteiger partial charge on any atom is -0.266 e. The van der Waals surface area contributed by atoms with E-state index in [4.69, 9.17) is 4.98 Å². The van der Waals surface area contributed by atoms with Crippen molar-refractivity contribution in [3.63, 3.8) is 0 Å². The molecule has 22 heavy (non-hydrogen) atoms. The van der Waals surface area contributed by atoms with E-state index in [1.54, 1.807) is 23.6 Å². The minimum atomic E-state index is -0.115. The molecule has 1 aromatic carbocycles.